The molecule has 1 amide bonds. The van der Waals surface area contributed by atoms with Crippen molar-refractivity contribution in [3.05, 3.63) is 76.0 Å². The van der Waals surface area contributed by atoms with Crippen LogP contribution in [0.15, 0.2) is 54.7 Å². The number of hydrogen-bond acceptors (Lipinski definition) is 5. The fourth-order valence-corrected chi connectivity index (χ4v) is 2.83. The van der Waals surface area contributed by atoms with Gasteiger partial charge in [0.1, 0.15) is 6.04 Å². The van der Waals surface area contributed by atoms with Crippen LogP contribution in [0.3, 0.4) is 0 Å². The number of rotatable bonds is 6. The van der Waals surface area contributed by atoms with E-state index in [2.05, 4.69) is 10.3 Å². The summed E-state index contributed by atoms with van der Waals surface area (Å²) in [5.41, 5.74) is 1.89. The van der Waals surface area contributed by atoms with Crippen LogP contribution in [0.25, 0.3) is 10.9 Å². The summed E-state index contributed by atoms with van der Waals surface area (Å²) >= 11 is 0. The molecule has 3 rings (SSSR count). The molecule has 138 valence electrons. The Kier molecular flexibility index (Phi) is 5.16. The van der Waals surface area contributed by atoms with Crippen LogP contribution in [-0.2, 0) is 16.0 Å². The molecule has 0 aliphatic rings. The predicted molar refractivity (Wildman–Crippen MR) is 98.4 cm³/mol. The van der Waals surface area contributed by atoms with Gasteiger partial charge in [-0.3, -0.25) is 14.9 Å². The normalized spacial score (nSPS) is 11.7. The molecule has 1 heterocycles. The summed E-state index contributed by atoms with van der Waals surface area (Å²) in [6.45, 7) is 0. The van der Waals surface area contributed by atoms with E-state index in [1.54, 1.807) is 6.20 Å². The lowest BCUT2D eigenvalue weighted by atomic mass is 10.0. The summed E-state index contributed by atoms with van der Waals surface area (Å²) in [6.07, 6.45) is 2.04. The number of nitrogens with one attached hydrogen (secondary N) is 2. The van der Waals surface area contributed by atoms with Crippen LogP contribution in [0, 0.1) is 10.1 Å². The number of H-pyrrole nitrogens is 1. The number of nitro groups is 1. The Morgan fingerprint density at radius 1 is 1.19 bits per heavy atom. The molecule has 8 heteroatoms. The third kappa shape index (κ3) is 3.95. The molecule has 0 saturated heterocycles. The quantitative estimate of drug-likeness (QED) is 0.395. The zero-order valence-electron chi connectivity index (χ0n) is 14.5. The Balaban J connectivity index is 1.79. The zero-order valence-corrected chi connectivity index (χ0v) is 14.5. The van der Waals surface area contributed by atoms with E-state index in [1.807, 2.05) is 24.3 Å². The monoisotopic (exact) mass is 367 g/mol. The van der Waals surface area contributed by atoms with Crippen LogP contribution in [0.4, 0.5) is 5.69 Å². The number of esters is 1. The second kappa shape index (κ2) is 7.69. The standard InChI is InChI=1S/C19H17N3O5/c1-27-19(24)17(10-13-11-20-16-5-3-2-4-15(13)16)21-18(23)12-6-8-14(9-7-12)22(25)26/h2-9,11,17,20H,10H2,1H3,(H,21,23). The molecule has 0 radical (unpaired) electrons. The van der Waals surface area contributed by atoms with Crippen molar-refractivity contribution in [2.45, 2.75) is 12.5 Å². The number of non-ortho nitro benzene ring substituents is 1. The Morgan fingerprint density at radius 2 is 1.89 bits per heavy atom. The molecular formula is C19H17N3O5. The lowest BCUT2D eigenvalue weighted by Gasteiger charge is -2.16. The van der Waals surface area contributed by atoms with E-state index in [-0.39, 0.29) is 17.7 Å². The smallest absolute Gasteiger partial charge is 0.328 e. The molecule has 1 unspecified atom stereocenters. The van der Waals surface area contributed by atoms with Gasteiger partial charge in [-0.05, 0) is 23.8 Å². The average Bonchev–Trinajstić information content (AvgIpc) is 3.09. The van der Waals surface area contributed by atoms with Crippen LogP contribution in [0.1, 0.15) is 15.9 Å². The number of benzene rings is 2. The third-order valence-electron chi connectivity index (χ3n) is 4.23. The molecule has 3 aromatic rings. The second-order valence-corrected chi connectivity index (χ2v) is 5.92. The van der Waals surface area contributed by atoms with Crippen LogP contribution in [0.5, 0.6) is 0 Å². The van der Waals surface area contributed by atoms with E-state index < -0.39 is 22.8 Å². The number of carbonyl (C=O) groups is 2. The highest BCUT2D eigenvalue weighted by Gasteiger charge is 2.24. The van der Waals surface area contributed by atoms with Crippen molar-refractivity contribution in [1.29, 1.82) is 0 Å². The van der Waals surface area contributed by atoms with Crippen LogP contribution in [0.2, 0.25) is 0 Å². The Morgan fingerprint density at radius 3 is 2.56 bits per heavy atom. The molecular weight excluding hydrogens is 350 g/mol. The molecule has 0 saturated carbocycles. The fraction of sp³-hybridized carbons (Fsp3) is 0.158. The summed E-state index contributed by atoms with van der Waals surface area (Å²) in [5.74, 6) is -1.09. The van der Waals surface area contributed by atoms with Gasteiger partial charge in [-0.2, -0.15) is 0 Å². The molecule has 8 nitrogen and oxygen atoms in total. The summed E-state index contributed by atoms with van der Waals surface area (Å²) < 4.78 is 4.81. The predicted octanol–water partition coefficient (Wildman–Crippen LogP) is 2.59. The molecule has 2 aromatic carbocycles. The number of fused-ring (bicyclic) bond motifs is 1. The minimum atomic E-state index is -0.892. The van der Waals surface area contributed by atoms with Gasteiger partial charge in [0.05, 0.1) is 12.0 Å². The maximum absolute atomic E-state index is 12.5. The highest BCUT2D eigenvalue weighted by Crippen LogP contribution is 2.20. The number of nitro benzene ring substituents is 1. The molecule has 1 aromatic heterocycles. The molecule has 0 spiro atoms. The van der Waals surface area contributed by atoms with Gasteiger partial charge in [0, 0.05) is 41.2 Å². The first-order valence-electron chi connectivity index (χ1n) is 8.17. The van der Waals surface area contributed by atoms with Crippen molar-refractivity contribution in [2.24, 2.45) is 0 Å². The average molecular weight is 367 g/mol. The van der Waals surface area contributed by atoms with Gasteiger partial charge in [0.15, 0.2) is 0 Å². The number of aromatic amines is 1. The van der Waals surface area contributed by atoms with Crippen molar-refractivity contribution in [2.75, 3.05) is 7.11 Å². The molecule has 0 bridgehead atoms. The number of nitrogens with zero attached hydrogens (tertiary/aromatic N) is 1. The minimum absolute atomic E-state index is 0.116. The number of methoxy groups -OCH3 is 1. The number of hydrogen-bond donors (Lipinski definition) is 2. The van der Waals surface area contributed by atoms with Gasteiger partial charge < -0.3 is 15.0 Å². The molecule has 0 aliphatic heterocycles. The van der Waals surface area contributed by atoms with E-state index in [9.17, 15) is 19.7 Å². The summed E-state index contributed by atoms with van der Waals surface area (Å²) in [6, 6.07) is 11.9. The molecule has 1 atom stereocenters. The van der Waals surface area contributed by atoms with Gasteiger partial charge in [-0.1, -0.05) is 18.2 Å². The van der Waals surface area contributed by atoms with Gasteiger partial charge in [-0.25, -0.2) is 4.79 Å². The van der Waals surface area contributed by atoms with Crippen molar-refractivity contribution in [3.8, 4) is 0 Å². The zero-order chi connectivity index (χ0) is 19.4. The second-order valence-electron chi connectivity index (χ2n) is 5.92. The van der Waals surface area contributed by atoms with Crippen LogP contribution >= 0.6 is 0 Å². The van der Waals surface area contributed by atoms with Gasteiger partial charge in [0.25, 0.3) is 11.6 Å². The van der Waals surface area contributed by atoms with Crippen molar-refractivity contribution < 1.29 is 19.2 Å². The SMILES string of the molecule is COC(=O)C(Cc1c[nH]c2ccccc12)NC(=O)c1ccc([N+](=O)[O-])cc1. The summed E-state index contributed by atoms with van der Waals surface area (Å²) in [4.78, 5) is 37.9. The Hall–Kier alpha value is -3.68. The maximum Gasteiger partial charge on any atom is 0.328 e. The summed E-state index contributed by atoms with van der Waals surface area (Å²) in [5, 5.41) is 14.3. The van der Waals surface area contributed by atoms with Gasteiger partial charge in [-0.15, -0.1) is 0 Å². The largest absolute Gasteiger partial charge is 0.467 e. The highest BCUT2D eigenvalue weighted by atomic mass is 16.6. The van der Waals surface area contributed by atoms with Crippen molar-refractivity contribution >= 4 is 28.5 Å². The Labute approximate surface area is 154 Å². The van der Waals surface area contributed by atoms with E-state index >= 15 is 0 Å². The molecule has 27 heavy (non-hydrogen) atoms. The van der Waals surface area contributed by atoms with E-state index in [1.165, 1.54) is 31.4 Å². The topological polar surface area (TPSA) is 114 Å². The first-order chi connectivity index (χ1) is 13.0. The van der Waals surface area contributed by atoms with Gasteiger partial charge in [0.2, 0.25) is 0 Å². The number of carbonyl (C=O) groups excluding carboxylic acids is 2. The van der Waals surface area contributed by atoms with Crippen LogP contribution < -0.4 is 5.32 Å². The number of para-hydroxylation sites is 1. The van der Waals surface area contributed by atoms with Crippen molar-refractivity contribution in [3.63, 3.8) is 0 Å². The first-order valence-corrected chi connectivity index (χ1v) is 8.17. The molecule has 0 fully saturated rings. The van der Waals surface area contributed by atoms with Crippen LogP contribution in [-0.4, -0.2) is 34.9 Å². The number of amides is 1. The Bertz CT molecular complexity index is 994. The molecule has 0 aliphatic carbocycles. The van der Waals surface area contributed by atoms with E-state index in [4.69, 9.17) is 4.74 Å². The minimum Gasteiger partial charge on any atom is -0.467 e. The van der Waals surface area contributed by atoms with E-state index in [0.717, 1.165) is 16.5 Å². The molecule has 2 N–H and O–H groups in total. The maximum atomic E-state index is 12.5. The lowest BCUT2D eigenvalue weighted by molar-refractivity contribution is -0.384. The number of ether oxygens (including phenoxy) is 1. The lowest BCUT2D eigenvalue weighted by Crippen LogP contribution is -2.43. The first kappa shape index (κ1) is 18.1. The summed E-state index contributed by atoms with van der Waals surface area (Å²) in [7, 11) is 1.25. The third-order valence-corrected chi connectivity index (χ3v) is 4.23. The van der Waals surface area contributed by atoms with E-state index in [0.29, 0.717) is 0 Å². The fourth-order valence-electron chi connectivity index (χ4n) is 2.83. The van der Waals surface area contributed by atoms with Gasteiger partial charge >= 0.3 is 5.97 Å². The number of aromatic nitrogens is 1. The highest BCUT2D eigenvalue weighted by molar-refractivity contribution is 5.97. The van der Waals surface area contributed by atoms with Crippen molar-refractivity contribution in [1.82, 2.24) is 10.3 Å².